The van der Waals surface area contributed by atoms with Gasteiger partial charge < -0.3 is 10.2 Å². The molecule has 0 saturated carbocycles. The van der Waals surface area contributed by atoms with Crippen LogP contribution in [0.2, 0.25) is 0 Å². The number of hydrogen-bond acceptors (Lipinski definition) is 2. The monoisotopic (exact) mass is 310 g/mol. The quantitative estimate of drug-likeness (QED) is 0.709. The number of carboxylic acid groups (broad SMARTS) is 2. The summed E-state index contributed by atoms with van der Waals surface area (Å²) in [6, 6.07) is 0. The fraction of sp³-hybridized carbons (Fsp3) is 0.800. The Hall–Kier alpha value is -1.48. The standard InChI is InChI=1S/C10H12F6O4/c11-9(12,13)3-1-5(7(17)18)6(8(19)20)2-4-10(14,15)16/h5-6H,1-4H2,(H,17,18)(H,19,20). The van der Waals surface area contributed by atoms with Crippen LogP contribution >= 0.6 is 0 Å². The minimum atomic E-state index is -4.71. The van der Waals surface area contributed by atoms with E-state index in [1.165, 1.54) is 0 Å². The van der Waals surface area contributed by atoms with Gasteiger partial charge in [-0.2, -0.15) is 26.3 Å². The van der Waals surface area contributed by atoms with Crippen LogP contribution < -0.4 is 0 Å². The molecule has 0 aromatic carbocycles. The average molecular weight is 310 g/mol. The van der Waals surface area contributed by atoms with E-state index >= 15 is 0 Å². The summed E-state index contributed by atoms with van der Waals surface area (Å²) in [7, 11) is 0. The molecule has 0 fully saturated rings. The molecule has 2 atom stereocenters. The van der Waals surface area contributed by atoms with Crippen LogP contribution in [0.1, 0.15) is 25.7 Å². The summed E-state index contributed by atoms with van der Waals surface area (Å²) >= 11 is 0. The lowest BCUT2D eigenvalue weighted by atomic mass is 9.85. The molecule has 0 rings (SSSR count). The van der Waals surface area contributed by atoms with Gasteiger partial charge >= 0.3 is 24.3 Å². The largest absolute Gasteiger partial charge is 0.481 e. The second-order valence-electron chi connectivity index (χ2n) is 4.20. The fourth-order valence-corrected chi connectivity index (χ4v) is 1.63. The summed E-state index contributed by atoms with van der Waals surface area (Å²) in [5.74, 6) is -7.75. The summed E-state index contributed by atoms with van der Waals surface area (Å²) in [6.45, 7) is 0. The van der Waals surface area contributed by atoms with E-state index in [1.807, 2.05) is 0 Å². The Kier molecular flexibility index (Phi) is 6.30. The molecule has 118 valence electrons. The van der Waals surface area contributed by atoms with E-state index in [0.717, 1.165) is 0 Å². The van der Waals surface area contributed by atoms with Crippen LogP contribution in [0.4, 0.5) is 26.3 Å². The number of hydrogen-bond donors (Lipinski definition) is 2. The summed E-state index contributed by atoms with van der Waals surface area (Å²) in [4.78, 5) is 21.5. The lowest BCUT2D eigenvalue weighted by Gasteiger charge is -2.21. The topological polar surface area (TPSA) is 74.6 Å². The van der Waals surface area contributed by atoms with E-state index < -0.39 is 61.8 Å². The van der Waals surface area contributed by atoms with E-state index in [0.29, 0.717) is 0 Å². The Balaban J connectivity index is 4.88. The maximum absolute atomic E-state index is 12.0. The third-order valence-corrected chi connectivity index (χ3v) is 2.60. The van der Waals surface area contributed by atoms with Gasteiger partial charge in [-0.3, -0.25) is 9.59 Å². The van der Waals surface area contributed by atoms with E-state index in [1.54, 1.807) is 0 Å². The van der Waals surface area contributed by atoms with Gasteiger partial charge in [0, 0.05) is 12.8 Å². The normalized spacial score (nSPS) is 15.7. The average Bonchev–Trinajstić information content (AvgIpc) is 2.18. The van der Waals surface area contributed by atoms with Crippen LogP contribution in [0.25, 0.3) is 0 Å². The van der Waals surface area contributed by atoms with Crippen molar-refractivity contribution in [2.45, 2.75) is 38.0 Å². The van der Waals surface area contributed by atoms with Gasteiger partial charge in [-0.25, -0.2) is 0 Å². The predicted octanol–water partition coefficient (Wildman–Crippen LogP) is 3.07. The minimum Gasteiger partial charge on any atom is -0.481 e. The number of rotatable bonds is 7. The molecule has 0 aromatic heterocycles. The van der Waals surface area contributed by atoms with Crippen molar-refractivity contribution in [3.05, 3.63) is 0 Å². The Bertz CT molecular complexity index is 315. The highest BCUT2D eigenvalue weighted by molar-refractivity contribution is 5.79. The van der Waals surface area contributed by atoms with Crippen molar-refractivity contribution in [1.82, 2.24) is 0 Å². The van der Waals surface area contributed by atoms with Crippen LogP contribution in [-0.4, -0.2) is 34.5 Å². The van der Waals surface area contributed by atoms with Gasteiger partial charge in [-0.15, -0.1) is 0 Å². The minimum absolute atomic E-state index is 1.08. The molecule has 0 aliphatic heterocycles. The molecular formula is C10H12F6O4. The maximum atomic E-state index is 12.0. The van der Waals surface area contributed by atoms with E-state index in [2.05, 4.69) is 0 Å². The van der Waals surface area contributed by atoms with Crippen molar-refractivity contribution in [1.29, 1.82) is 0 Å². The Morgan fingerprint density at radius 3 is 1.15 bits per heavy atom. The van der Waals surface area contributed by atoms with Gasteiger partial charge in [-0.05, 0) is 12.8 Å². The van der Waals surface area contributed by atoms with Gasteiger partial charge in [0.05, 0.1) is 11.8 Å². The zero-order valence-corrected chi connectivity index (χ0v) is 9.96. The maximum Gasteiger partial charge on any atom is 0.389 e. The Morgan fingerprint density at radius 2 is 1.00 bits per heavy atom. The van der Waals surface area contributed by atoms with Crippen molar-refractivity contribution in [2.75, 3.05) is 0 Å². The lowest BCUT2D eigenvalue weighted by molar-refractivity contribution is -0.164. The van der Waals surface area contributed by atoms with Gasteiger partial charge in [-0.1, -0.05) is 0 Å². The summed E-state index contributed by atoms with van der Waals surface area (Å²) < 4.78 is 72.0. The third kappa shape index (κ3) is 7.85. The van der Waals surface area contributed by atoms with Gasteiger partial charge in [0.1, 0.15) is 0 Å². The number of aliphatic carboxylic acids is 2. The zero-order valence-electron chi connectivity index (χ0n) is 9.96. The Morgan fingerprint density at radius 1 is 0.750 bits per heavy atom. The summed E-state index contributed by atoms with van der Waals surface area (Å²) in [5, 5.41) is 17.4. The molecule has 20 heavy (non-hydrogen) atoms. The molecule has 0 aliphatic rings. The second kappa shape index (κ2) is 6.80. The van der Waals surface area contributed by atoms with Crippen LogP contribution in [0.5, 0.6) is 0 Å². The first-order valence-electron chi connectivity index (χ1n) is 5.42. The first-order chi connectivity index (χ1) is 8.83. The predicted molar refractivity (Wildman–Crippen MR) is 52.8 cm³/mol. The number of carboxylic acids is 2. The van der Waals surface area contributed by atoms with Crippen molar-refractivity contribution in [3.63, 3.8) is 0 Å². The summed E-state index contributed by atoms with van der Waals surface area (Å²) in [5.41, 5.74) is 0. The number of carbonyl (C=O) groups is 2. The van der Waals surface area contributed by atoms with Gasteiger partial charge in [0.2, 0.25) is 0 Å². The molecule has 0 spiro atoms. The van der Waals surface area contributed by atoms with Crippen LogP contribution in [0.15, 0.2) is 0 Å². The first kappa shape index (κ1) is 18.5. The number of alkyl halides is 6. The zero-order chi connectivity index (χ0) is 16.1. The highest BCUT2D eigenvalue weighted by Gasteiger charge is 2.39. The fourth-order valence-electron chi connectivity index (χ4n) is 1.63. The van der Waals surface area contributed by atoms with Crippen molar-refractivity contribution < 1.29 is 46.1 Å². The molecule has 0 aliphatic carbocycles. The highest BCUT2D eigenvalue weighted by atomic mass is 19.4. The smallest absolute Gasteiger partial charge is 0.389 e. The molecule has 2 N–H and O–H groups in total. The number of halogens is 6. The Labute approximate surface area is 109 Å². The molecule has 0 heterocycles. The van der Waals surface area contributed by atoms with Crippen molar-refractivity contribution in [3.8, 4) is 0 Å². The van der Waals surface area contributed by atoms with Gasteiger partial charge in [0.25, 0.3) is 0 Å². The van der Waals surface area contributed by atoms with E-state index in [4.69, 9.17) is 10.2 Å². The molecule has 0 saturated heterocycles. The molecule has 10 heteroatoms. The van der Waals surface area contributed by atoms with Crippen LogP contribution in [0.3, 0.4) is 0 Å². The molecule has 2 unspecified atom stereocenters. The van der Waals surface area contributed by atoms with Crippen molar-refractivity contribution in [2.24, 2.45) is 11.8 Å². The first-order valence-corrected chi connectivity index (χ1v) is 5.42. The van der Waals surface area contributed by atoms with Crippen LogP contribution in [-0.2, 0) is 9.59 Å². The molecule has 0 aromatic rings. The third-order valence-electron chi connectivity index (χ3n) is 2.60. The lowest BCUT2D eigenvalue weighted by Crippen LogP contribution is -2.32. The van der Waals surface area contributed by atoms with Crippen LogP contribution in [0, 0.1) is 11.8 Å². The van der Waals surface area contributed by atoms with Gasteiger partial charge in [0.15, 0.2) is 0 Å². The van der Waals surface area contributed by atoms with Crippen molar-refractivity contribution >= 4 is 11.9 Å². The van der Waals surface area contributed by atoms with E-state index in [9.17, 15) is 35.9 Å². The molecule has 4 nitrogen and oxygen atoms in total. The SMILES string of the molecule is O=C(O)C(CCC(F)(F)F)C(CCC(F)(F)F)C(=O)O. The molecule has 0 radical (unpaired) electrons. The molecule has 0 bridgehead atoms. The molecule has 0 amide bonds. The van der Waals surface area contributed by atoms with E-state index in [-0.39, 0.29) is 0 Å². The second-order valence-corrected chi connectivity index (χ2v) is 4.20. The summed E-state index contributed by atoms with van der Waals surface area (Å²) in [6.07, 6.45) is -14.7. The molecular weight excluding hydrogens is 298 g/mol. The highest BCUT2D eigenvalue weighted by Crippen LogP contribution is 2.32.